The quantitative estimate of drug-likeness (QED) is 0.725. The summed E-state index contributed by atoms with van der Waals surface area (Å²) in [6, 6.07) is 5.87. The Kier molecular flexibility index (Phi) is 6.63. The molecule has 0 spiro atoms. The van der Waals surface area contributed by atoms with E-state index in [2.05, 4.69) is 21.7 Å². The van der Waals surface area contributed by atoms with Gasteiger partial charge in [-0.3, -0.25) is 0 Å². The van der Waals surface area contributed by atoms with Crippen molar-refractivity contribution in [1.29, 1.82) is 5.26 Å². The molecule has 0 radical (unpaired) electrons. The van der Waals surface area contributed by atoms with Gasteiger partial charge in [-0.2, -0.15) is 5.26 Å². The van der Waals surface area contributed by atoms with E-state index in [1.54, 1.807) is 18.3 Å². The lowest BCUT2D eigenvalue weighted by molar-refractivity contribution is 0.00229. The van der Waals surface area contributed by atoms with Crippen molar-refractivity contribution in [2.45, 2.75) is 76.6 Å². The summed E-state index contributed by atoms with van der Waals surface area (Å²) in [5, 5.41) is 15.5. The Bertz CT molecular complexity index is 906. The molecule has 5 rings (SSSR count). The van der Waals surface area contributed by atoms with Crippen molar-refractivity contribution in [3.63, 3.8) is 0 Å². The van der Waals surface area contributed by atoms with Crippen LogP contribution in [0, 0.1) is 17.2 Å². The van der Waals surface area contributed by atoms with Crippen LogP contribution in [0.4, 0.5) is 15.4 Å². The van der Waals surface area contributed by atoms with Gasteiger partial charge in [-0.1, -0.05) is 6.42 Å². The smallest absolute Gasteiger partial charge is 0.410 e. The number of likely N-dealkylation sites (tertiary alicyclic amines) is 1. The lowest BCUT2D eigenvalue weighted by Gasteiger charge is -2.42. The summed E-state index contributed by atoms with van der Waals surface area (Å²) in [4.78, 5) is 33.7. The summed E-state index contributed by atoms with van der Waals surface area (Å²) in [5.41, 5.74) is 0.0139. The summed E-state index contributed by atoms with van der Waals surface area (Å²) in [6.07, 6.45) is 5.95. The van der Waals surface area contributed by atoms with Crippen LogP contribution >= 0.6 is 0 Å². The molecule has 3 unspecified atom stereocenters. The molecule has 4 heterocycles. The summed E-state index contributed by atoms with van der Waals surface area (Å²) < 4.78 is 5.62. The number of hydrogen-bond acceptors (Lipinski definition) is 6. The minimum absolute atomic E-state index is 0.0338. The number of fused-ring (bicyclic) bond motifs is 4. The van der Waals surface area contributed by atoms with Gasteiger partial charge in [0.2, 0.25) is 0 Å². The van der Waals surface area contributed by atoms with Gasteiger partial charge in [-0.05, 0) is 64.5 Å². The van der Waals surface area contributed by atoms with Crippen LogP contribution in [0.15, 0.2) is 18.3 Å². The number of amides is 3. The Morgan fingerprint density at radius 1 is 1.21 bits per heavy atom. The molecule has 33 heavy (non-hydrogen) atoms. The molecule has 1 aromatic rings. The first-order valence-electron chi connectivity index (χ1n) is 11.9. The molecular formula is C24H34N6O3. The molecule has 3 saturated heterocycles. The molecule has 9 nitrogen and oxygen atoms in total. The highest BCUT2D eigenvalue weighted by Gasteiger charge is 2.42. The number of aromatic nitrogens is 1. The fourth-order valence-electron chi connectivity index (χ4n) is 5.11. The zero-order valence-corrected chi connectivity index (χ0v) is 19.7. The minimum Gasteiger partial charge on any atom is -0.444 e. The molecule has 4 atom stereocenters. The number of ether oxygens (including phenoxy) is 1. The summed E-state index contributed by atoms with van der Waals surface area (Å²) in [7, 11) is 0. The van der Waals surface area contributed by atoms with Crippen molar-refractivity contribution < 1.29 is 14.3 Å². The Balaban J connectivity index is 1.30. The number of carbonyl (C=O) groups excluding carboxylic acids is 2. The van der Waals surface area contributed by atoms with Gasteiger partial charge >= 0.3 is 12.1 Å². The van der Waals surface area contributed by atoms with Crippen LogP contribution in [0.3, 0.4) is 0 Å². The third-order valence-corrected chi connectivity index (χ3v) is 6.74. The number of nitrogens with zero attached hydrogens (tertiary/aromatic N) is 4. The average Bonchev–Trinajstić information content (AvgIpc) is 3.02. The van der Waals surface area contributed by atoms with Crippen LogP contribution in [0.2, 0.25) is 0 Å². The van der Waals surface area contributed by atoms with E-state index in [9.17, 15) is 9.59 Å². The van der Waals surface area contributed by atoms with Crippen molar-refractivity contribution in [1.82, 2.24) is 20.1 Å². The SMILES string of the molecule is CC(C)(C)OC(=O)N1CC2CCCC1CC2NC(=O)N1CC[C@@H](Nc2ccc(C#N)cn2)C1. The number of pyridine rings is 1. The first kappa shape index (κ1) is 23.1. The molecule has 3 amide bonds. The number of carbonyl (C=O) groups is 2. The van der Waals surface area contributed by atoms with E-state index in [0.717, 1.165) is 32.1 Å². The van der Waals surface area contributed by atoms with Crippen LogP contribution in [0.25, 0.3) is 0 Å². The maximum absolute atomic E-state index is 13.0. The highest BCUT2D eigenvalue weighted by atomic mass is 16.6. The van der Waals surface area contributed by atoms with E-state index >= 15 is 0 Å². The average molecular weight is 455 g/mol. The van der Waals surface area contributed by atoms with Gasteiger partial charge in [0.15, 0.2) is 0 Å². The molecule has 2 bridgehead atoms. The molecule has 1 saturated carbocycles. The molecule has 4 fully saturated rings. The number of hydrogen-bond donors (Lipinski definition) is 2. The molecule has 9 heteroatoms. The maximum Gasteiger partial charge on any atom is 0.410 e. The molecule has 4 aliphatic rings. The zero-order chi connectivity index (χ0) is 23.6. The second-order valence-corrected chi connectivity index (χ2v) is 10.4. The molecular weight excluding hydrogens is 420 g/mol. The van der Waals surface area contributed by atoms with E-state index in [4.69, 9.17) is 10.00 Å². The van der Waals surface area contributed by atoms with Crippen LogP contribution in [-0.2, 0) is 4.74 Å². The minimum atomic E-state index is -0.510. The number of nitrogens with one attached hydrogen (secondary N) is 2. The van der Waals surface area contributed by atoms with E-state index < -0.39 is 5.60 Å². The largest absolute Gasteiger partial charge is 0.444 e. The van der Waals surface area contributed by atoms with Crippen LogP contribution in [-0.4, -0.2) is 70.3 Å². The Morgan fingerprint density at radius 2 is 2.03 bits per heavy atom. The zero-order valence-electron chi connectivity index (χ0n) is 19.7. The molecule has 1 aromatic heterocycles. The van der Waals surface area contributed by atoms with Gasteiger partial charge in [0.05, 0.1) is 5.56 Å². The highest BCUT2D eigenvalue weighted by Crippen LogP contribution is 2.34. The van der Waals surface area contributed by atoms with E-state index in [0.29, 0.717) is 31.0 Å². The molecule has 2 N–H and O–H groups in total. The predicted octanol–water partition coefficient (Wildman–Crippen LogP) is 3.33. The summed E-state index contributed by atoms with van der Waals surface area (Å²) in [6.45, 7) is 7.60. The fraction of sp³-hybridized carbons (Fsp3) is 0.667. The van der Waals surface area contributed by atoms with Crippen molar-refractivity contribution in [3.05, 3.63) is 23.9 Å². The number of nitriles is 1. The van der Waals surface area contributed by atoms with Gasteiger partial charge < -0.3 is 25.2 Å². The van der Waals surface area contributed by atoms with Gasteiger partial charge in [0, 0.05) is 44.0 Å². The molecule has 3 aliphatic heterocycles. The summed E-state index contributed by atoms with van der Waals surface area (Å²) in [5.74, 6) is 0.962. The topological polar surface area (TPSA) is 111 Å². The monoisotopic (exact) mass is 454 g/mol. The standard InChI is InChI=1S/C24H34N6O3/c1-24(2,3)33-23(32)30-14-17-5-4-6-19(30)11-20(17)28-22(31)29-10-9-18(15-29)27-21-8-7-16(12-25)13-26-21/h7-8,13,17-20H,4-6,9-11,14-15H2,1-3H3,(H,26,27)(H,28,31)/t17?,18-,19?,20?/m1/s1. The number of anilines is 1. The van der Waals surface area contributed by atoms with Gasteiger partial charge in [0.25, 0.3) is 0 Å². The van der Waals surface area contributed by atoms with Crippen LogP contribution < -0.4 is 10.6 Å². The normalized spacial score (nSPS) is 27.0. The van der Waals surface area contributed by atoms with Crippen molar-refractivity contribution in [3.8, 4) is 6.07 Å². The van der Waals surface area contributed by atoms with Crippen LogP contribution in [0.5, 0.6) is 0 Å². The van der Waals surface area contributed by atoms with Gasteiger partial charge in [-0.25, -0.2) is 14.6 Å². The fourth-order valence-corrected chi connectivity index (χ4v) is 5.11. The molecule has 178 valence electrons. The summed E-state index contributed by atoms with van der Waals surface area (Å²) >= 11 is 0. The Morgan fingerprint density at radius 3 is 2.73 bits per heavy atom. The van der Waals surface area contributed by atoms with E-state index in [-0.39, 0.29) is 36.2 Å². The third-order valence-electron chi connectivity index (χ3n) is 6.74. The second-order valence-electron chi connectivity index (χ2n) is 10.4. The molecule has 0 aromatic carbocycles. The first-order valence-corrected chi connectivity index (χ1v) is 11.9. The number of piperidine rings is 1. The molecule has 1 aliphatic carbocycles. The van der Waals surface area contributed by atoms with Gasteiger partial charge in [-0.15, -0.1) is 0 Å². The van der Waals surface area contributed by atoms with E-state index in [1.807, 2.05) is 30.6 Å². The predicted molar refractivity (Wildman–Crippen MR) is 124 cm³/mol. The number of urea groups is 1. The maximum atomic E-state index is 13.0. The van der Waals surface area contributed by atoms with Crippen molar-refractivity contribution in [2.75, 3.05) is 25.0 Å². The van der Waals surface area contributed by atoms with Crippen LogP contribution in [0.1, 0.15) is 58.4 Å². The lowest BCUT2D eigenvalue weighted by Crippen LogP contribution is -2.57. The lowest BCUT2D eigenvalue weighted by atomic mass is 9.89. The first-order chi connectivity index (χ1) is 15.7. The van der Waals surface area contributed by atoms with E-state index in [1.165, 1.54) is 0 Å². The highest BCUT2D eigenvalue weighted by molar-refractivity contribution is 5.75. The van der Waals surface area contributed by atoms with Crippen molar-refractivity contribution >= 4 is 17.9 Å². The third kappa shape index (κ3) is 5.67. The Labute approximate surface area is 195 Å². The second kappa shape index (κ2) is 9.46. The van der Waals surface area contributed by atoms with Gasteiger partial charge in [0.1, 0.15) is 17.5 Å². The Hall–Kier alpha value is -3.02. The number of rotatable bonds is 3. The van der Waals surface area contributed by atoms with Crippen molar-refractivity contribution in [2.24, 2.45) is 5.92 Å².